The van der Waals surface area contributed by atoms with Gasteiger partial charge in [0.1, 0.15) is 23.3 Å². The summed E-state index contributed by atoms with van der Waals surface area (Å²) in [5.41, 5.74) is 2.66. The maximum atomic E-state index is 13.7. The van der Waals surface area contributed by atoms with E-state index in [4.69, 9.17) is 13.3 Å². The van der Waals surface area contributed by atoms with Crippen LogP contribution in [0, 0.1) is 0 Å². The van der Waals surface area contributed by atoms with Crippen LogP contribution in [0.15, 0.2) is 104 Å². The Morgan fingerprint density at radius 1 is 0.914 bits per heavy atom. The van der Waals surface area contributed by atoms with Crippen LogP contribution in [0.1, 0.15) is 42.1 Å². The van der Waals surface area contributed by atoms with Gasteiger partial charge in [-0.05, 0) is 55.0 Å². The van der Waals surface area contributed by atoms with Gasteiger partial charge in [-0.15, -0.1) is 0 Å². The third-order valence-corrected chi connectivity index (χ3v) is 6.46. The molecular weight excluding hydrogens is 446 g/mol. The Balaban J connectivity index is 1.46. The van der Waals surface area contributed by atoms with Crippen molar-refractivity contribution in [1.82, 2.24) is 5.32 Å². The number of nitrogens with one attached hydrogen (secondary N) is 2. The Morgan fingerprint density at radius 3 is 2.40 bits per heavy atom. The fourth-order valence-corrected chi connectivity index (χ4v) is 4.92. The van der Waals surface area contributed by atoms with E-state index in [1.54, 1.807) is 48.0 Å². The molecule has 0 saturated carbocycles. The second kappa shape index (κ2) is 8.72. The van der Waals surface area contributed by atoms with Gasteiger partial charge in [0, 0.05) is 23.6 Å². The minimum atomic E-state index is -0.738. The molecule has 2 aliphatic rings. The molecule has 8 nitrogen and oxygen atoms in total. The van der Waals surface area contributed by atoms with Crippen LogP contribution in [0.4, 0.5) is 16.2 Å². The first-order chi connectivity index (χ1) is 17.2. The largest absolute Gasteiger partial charge is 0.469 e. The summed E-state index contributed by atoms with van der Waals surface area (Å²) in [6.07, 6.45) is 5.59. The van der Waals surface area contributed by atoms with E-state index >= 15 is 0 Å². The van der Waals surface area contributed by atoms with E-state index in [0.717, 1.165) is 17.1 Å². The number of urea groups is 1. The van der Waals surface area contributed by atoms with E-state index in [9.17, 15) is 9.59 Å². The lowest BCUT2D eigenvalue weighted by molar-refractivity contribution is -0.116. The van der Waals surface area contributed by atoms with E-state index in [0.29, 0.717) is 29.2 Å². The Hall–Kier alpha value is -4.46. The topological polar surface area (TPSA) is 101 Å². The van der Waals surface area contributed by atoms with E-state index in [1.165, 1.54) is 0 Å². The molecule has 0 bridgehead atoms. The van der Waals surface area contributed by atoms with Gasteiger partial charge >= 0.3 is 6.03 Å². The fraction of sp³-hybridized carbons (Fsp3) is 0.185. The highest BCUT2D eigenvalue weighted by Gasteiger charge is 2.43. The minimum Gasteiger partial charge on any atom is -0.469 e. The molecule has 2 amide bonds. The van der Waals surface area contributed by atoms with Gasteiger partial charge in [-0.2, -0.15) is 0 Å². The van der Waals surface area contributed by atoms with Gasteiger partial charge in [-0.1, -0.05) is 12.1 Å². The van der Waals surface area contributed by atoms with Crippen molar-refractivity contribution < 1.29 is 22.8 Å². The summed E-state index contributed by atoms with van der Waals surface area (Å²) in [7, 11) is 0. The molecule has 0 unspecified atom stereocenters. The number of fused-ring (bicyclic) bond motifs is 1. The number of para-hydroxylation sites is 2. The van der Waals surface area contributed by atoms with Crippen molar-refractivity contribution in [3.05, 3.63) is 108 Å². The van der Waals surface area contributed by atoms with Crippen molar-refractivity contribution in [2.24, 2.45) is 0 Å². The summed E-state index contributed by atoms with van der Waals surface area (Å²) < 4.78 is 16.8. The van der Waals surface area contributed by atoms with Crippen molar-refractivity contribution >= 4 is 23.2 Å². The average Bonchev–Trinajstić information content (AvgIpc) is 3.65. The summed E-state index contributed by atoms with van der Waals surface area (Å²) in [5.74, 6) is 1.76. The second-order valence-corrected chi connectivity index (χ2v) is 8.60. The number of hydrogen-bond acceptors (Lipinski definition) is 6. The number of carbonyl (C=O) groups is 2. The summed E-state index contributed by atoms with van der Waals surface area (Å²) in [6.45, 7) is 0.212. The molecule has 6 rings (SSSR count). The highest BCUT2D eigenvalue weighted by atomic mass is 16.3. The molecule has 0 radical (unpaired) electrons. The molecule has 4 heterocycles. The second-order valence-electron chi connectivity index (χ2n) is 8.60. The third-order valence-electron chi connectivity index (χ3n) is 6.46. The van der Waals surface area contributed by atoms with Crippen LogP contribution in [0.5, 0.6) is 0 Å². The molecule has 0 fully saturated rings. The molecule has 2 atom stereocenters. The Kier molecular flexibility index (Phi) is 5.25. The maximum absolute atomic E-state index is 13.7. The molecule has 176 valence electrons. The summed E-state index contributed by atoms with van der Waals surface area (Å²) >= 11 is 0. The number of ketones is 1. The number of carbonyl (C=O) groups excluding carboxylic acids is 2. The fourth-order valence-electron chi connectivity index (χ4n) is 4.92. The first-order valence-corrected chi connectivity index (χ1v) is 11.5. The van der Waals surface area contributed by atoms with E-state index in [2.05, 4.69) is 10.6 Å². The molecule has 4 aromatic rings. The molecule has 3 aromatic heterocycles. The Morgan fingerprint density at radius 2 is 1.66 bits per heavy atom. The zero-order valence-electron chi connectivity index (χ0n) is 18.8. The molecule has 1 aliphatic heterocycles. The van der Waals surface area contributed by atoms with Crippen molar-refractivity contribution in [3.63, 3.8) is 0 Å². The lowest BCUT2D eigenvalue weighted by atomic mass is 9.81. The van der Waals surface area contributed by atoms with Gasteiger partial charge in [0.15, 0.2) is 5.78 Å². The normalized spacial score (nSPS) is 19.5. The van der Waals surface area contributed by atoms with Gasteiger partial charge in [0.2, 0.25) is 0 Å². The molecule has 2 N–H and O–H groups in total. The van der Waals surface area contributed by atoms with Gasteiger partial charge in [0.25, 0.3) is 0 Å². The first-order valence-electron chi connectivity index (χ1n) is 11.5. The van der Waals surface area contributed by atoms with Crippen molar-refractivity contribution in [2.45, 2.75) is 31.3 Å². The smallest absolute Gasteiger partial charge is 0.323 e. The predicted octanol–water partition coefficient (Wildman–Crippen LogP) is 5.75. The highest BCUT2D eigenvalue weighted by Crippen LogP contribution is 2.47. The number of Topliss-reactive ketones (excluding diaryl/α,β-unsaturated/α-hetero) is 1. The SMILES string of the molecule is O=C1C[C@@H](c2ccco2)CC2=C1[C@H](c1ccco1)N(C(=O)NCc1ccco1)c1ccccc1N2. The standard InChI is InChI=1S/C27H23N3O5/c31-22-15-17(23-9-4-12-34-23)14-20-25(22)26(24-10-5-13-35-24)30(21-8-2-1-7-19(21)29-20)27(32)28-16-18-6-3-11-33-18/h1-13,17,26,29H,14-16H2,(H,28,32)/t17-,26-/m0/s1. The quantitative estimate of drug-likeness (QED) is 0.395. The number of amides is 2. The summed E-state index contributed by atoms with van der Waals surface area (Å²) in [4.78, 5) is 29.0. The minimum absolute atomic E-state index is 0.0572. The lowest BCUT2D eigenvalue weighted by Gasteiger charge is -2.33. The molecular formula is C27H23N3O5. The van der Waals surface area contributed by atoms with E-state index in [-0.39, 0.29) is 30.7 Å². The molecule has 8 heteroatoms. The van der Waals surface area contributed by atoms with Crippen LogP contribution in [-0.2, 0) is 11.3 Å². The Labute approximate surface area is 201 Å². The number of benzene rings is 1. The number of furan rings is 3. The molecule has 1 aromatic carbocycles. The number of rotatable bonds is 4. The van der Waals surface area contributed by atoms with Crippen molar-refractivity contribution in [2.75, 3.05) is 10.2 Å². The lowest BCUT2D eigenvalue weighted by Crippen LogP contribution is -2.44. The maximum Gasteiger partial charge on any atom is 0.323 e. The van der Waals surface area contributed by atoms with Gasteiger partial charge < -0.3 is 23.9 Å². The molecule has 35 heavy (non-hydrogen) atoms. The average molecular weight is 469 g/mol. The van der Waals surface area contributed by atoms with Gasteiger partial charge in [-0.3, -0.25) is 9.69 Å². The van der Waals surface area contributed by atoms with Crippen LogP contribution < -0.4 is 15.5 Å². The van der Waals surface area contributed by atoms with Gasteiger partial charge in [0.05, 0.1) is 36.7 Å². The number of allylic oxidation sites excluding steroid dienone is 1. The van der Waals surface area contributed by atoms with E-state index < -0.39 is 6.04 Å². The summed E-state index contributed by atoms with van der Waals surface area (Å²) in [5, 5.41) is 6.40. The van der Waals surface area contributed by atoms with Crippen LogP contribution in [0.2, 0.25) is 0 Å². The Bertz CT molecular complexity index is 1370. The number of anilines is 2. The van der Waals surface area contributed by atoms with Crippen LogP contribution in [-0.4, -0.2) is 11.8 Å². The summed E-state index contributed by atoms with van der Waals surface area (Å²) in [6, 6.07) is 17.3. The molecule has 0 spiro atoms. The van der Waals surface area contributed by atoms with Gasteiger partial charge in [-0.25, -0.2) is 4.79 Å². The third kappa shape index (κ3) is 3.82. The predicted molar refractivity (Wildman–Crippen MR) is 128 cm³/mol. The highest BCUT2D eigenvalue weighted by molar-refractivity contribution is 6.05. The van der Waals surface area contributed by atoms with Crippen LogP contribution in [0.25, 0.3) is 0 Å². The van der Waals surface area contributed by atoms with Crippen LogP contribution in [0.3, 0.4) is 0 Å². The van der Waals surface area contributed by atoms with Crippen molar-refractivity contribution in [1.29, 1.82) is 0 Å². The zero-order valence-corrected chi connectivity index (χ0v) is 18.8. The van der Waals surface area contributed by atoms with E-state index in [1.807, 2.05) is 36.4 Å². The monoisotopic (exact) mass is 469 g/mol. The first kappa shape index (κ1) is 21.1. The van der Waals surface area contributed by atoms with Crippen LogP contribution >= 0.6 is 0 Å². The number of hydrogen-bond donors (Lipinski definition) is 2. The zero-order chi connectivity index (χ0) is 23.8. The molecule has 1 aliphatic carbocycles. The van der Waals surface area contributed by atoms with Crippen molar-refractivity contribution in [3.8, 4) is 0 Å². The molecule has 0 saturated heterocycles. The number of nitrogens with zero attached hydrogens (tertiary/aromatic N) is 1.